The first-order valence-corrected chi connectivity index (χ1v) is 9.49. The molecule has 25 heavy (non-hydrogen) atoms. The summed E-state index contributed by atoms with van der Waals surface area (Å²) in [6.07, 6.45) is 3.11. The molecule has 6 nitrogen and oxygen atoms in total. The van der Waals surface area contributed by atoms with Gasteiger partial charge in [-0.15, -0.1) is 23.7 Å². The Labute approximate surface area is 158 Å². The normalized spacial score (nSPS) is 15.2. The molecule has 3 heterocycles. The second kappa shape index (κ2) is 9.89. The number of likely N-dealkylation sites (tertiary alicyclic amines) is 1. The smallest absolute Gasteiger partial charge is 0.227 e. The van der Waals surface area contributed by atoms with E-state index in [0.717, 1.165) is 43.9 Å². The van der Waals surface area contributed by atoms with E-state index in [-0.39, 0.29) is 18.3 Å². The maximum atomic E-state index is 12.4. The van der Waals surface area contributed by atoms with Crippen LogP contribution in [0.25, 0.3) is 10.7 Å². The van der Waals surface area contributed by atoms with E-state index in [0.29, 0.717) is 30.5 Å². The van der Waals surface area contributed by atoms with Gasteiger partial charge < -0.3 is 14.7 Å². The van der Waals surface area contributed by atoms with E-state index in [9.17, 15) is 4.79 Å². The second-order valence-corrected chi connectivity index (χ2v) is 7.07. The number of carbonyl (C=O) groups is 1. The maximum absolute atomic E-state index is 12.4. The van der Waals surface area contributed by atoms with Crippen LogP contribution in [-0.4, -0.2) is 47.1 Å². The van der Waals surface area contributed by atoms with Gasteiger partial charge in [-0.3, -0.25) is 4.79 Å². The molecule has 0 spiro atoms. The zero-order chi connectivity index (χ0) is 16.8. The molecular weight excluding hydrogens is 360 g/mol. The van der Waals surface area contributed by atoms with Crippen LogP contribution in [0.4, 0.5) is 0 Å². The van der Waals surface area contributed by atoms with Crippen LogP contribution in [-0.2, 0) is 11.2 Å². The fourth-order valence-electron chi connectivity index (χ4n) is 2.97. The summed E-state index contributed by atoms with van der Waals surface area (Å²) in [5.41, 5.74) is 0. The summed E-state index contributed by atoms with van der Waals surface area (Å²) >= 11 is 1.58. The molecule has 1 fully saturated rings. The van der Waals surface area contributed by atoms with Gasteiger partial charge in [-0.1, -0.05) is 18.1 Å². The lowest BCUT2D eigenvalue weighted by molar-refractivity contribution is -0.132. The number of thiophene rings is 1. The summed E-state index contributed by atoms with van der Waals surface area (Å²) in [6.45, 7) is 5.92. The molecule has 1 amide bonds. The van der Waals surface area contributed by atoms with Crippen LogP contribution in [0.3, 0.4) is 0 Å². The van der Waals surface area contributed by atoms with Gasteiger partial charge in [0.25, 0.3) is 0 Å². The Hall–Kier alpha value is -1.44. The molecule has 0 unspecified atom stereocenters. The SMILES string of the molecule is CCNCC1CCN(C(=O)CCc2nc(-c3cccs3)no2)CC1.Cl. The van der Waals surface area contributed by atoms with E-state index < -0.39 is 0 Å². The van der Waals surface area contributed by atoms with E-state index in [1.165, 1.54) is 0 Å². The molecule has 0 aromatic carbocycles. The number of rotatable bonds is 7. The van der Waals surface area contributed by atoms with E-state index >= 15 is 0 Å². The standard InChI is InChI=1S/C17H24N4O2S.ClH/c1-2-18-12-13-7-9-21(10-8-13)16(22)6-5-15-19-17(20-23-15)14-4-3-11-24-14;/h3-4,11,13,18H,2,5-10,12H2,1H3;1H. The Morgan fingerprint density at radius 2 is 2.24 bits per heavy atom. The van der Waals surface area contributed by atoms with Gasteiger partial charge in [0.1, 0.15) is 0 Å². The highest BCUT2D eigenvalue weighted by molar-refractivity contribution is 7.13. The van der Waals surface area contributed by atoms with Crippen molar-refractivity contribution in [1.29, 1.82) is 0 Å². The number of hydrogen-bond acceptors (Lipinski definition) is 6. The van der Waals surface area contributed by atoms with Crippen molar-refractivity contribution in [3.8, 4) is 10.7 Å². The number of amides is 1. The molecule has 0 bridgehead atoms. The van der Waals surface area contributed by atoms with E-state index in [2.05, 4.69) is 22.4 Å². The predicted molar refractivity (Wildman–Crippen MR) is 101 cm³/mol. The Balaban J connectivity index is 0.00000225. The van der Waals surface area contributed by atoms with Crippen LogP contribution in [0.5, 0.6) is 0 Å². The van der Waals surface area contributed by atoms with Crippen LogP contribution in [0.15, 0.2) is 22.0 Å². The van der Waals surface area contributed by atoms with Crippen molar-refractivity contribution in [2.75, 3.05) is 26.2 Å². The summed E-state index contributed by atoms with van der Waals surface area (Å²) in [5.74, 6) is 2.02. The highest BCUT2D eigenvalue weighted by Gasteiger charge is 2.22. The van der Waals surface area contributed by atoms with Crippen molar-refractivity contribution in [2.24, 2.45) is 5.92 Å². The van der Waals surface area contributed by atoms with Crippen molar-refractivity contribution >= 4 is 29.7 Å². The zero-order valence-electron chi connectivity index (χ0n) is 14.4. The summed E-state index contributed by atoms with van der Waals surface area (Å²) in [5, 5.41) is 9.35. The Morgan fingerprint density at radius 1 is 1.44 bits per heavy atom. The third kappa shape index (κ3) is 5.52. The van der Waals surface area contributed by atoms with Gasteiger partial charge in [0.05, 0.1) is 4.88 Å². The van der Waals surface area contributed by atoms with Crippen LogP contribution in [0, 0.1) is 5.92 Å². The van der Waals surface area contributed by atoms with Crippen molar-refractivity contribution in [1.82, 2.24) is 20.4 Å². The number of piperidine rings is 1. The van der Waals surface area contributed by atoms with Gasteiger partial charge in [0.15, 0.2) is 0 Å². The van der Waals surface area contributed by atoms with Crippen LogP contribution < -0.4 is 5.32 Å². The second-order valence-electron chi connectivity index (χ2n) is 6.12. The van der Waals surface area contributed by atoms with Crippen LogP contribution in [0.2, 0.25) is 0 Å². The van der Waals surface area contributed by atoms with Crippen molar-refractivity contribution in [2.45, 2.75) is 32.6 Å². The molecule has 1 aliphatic heterocycles. The molecular formula is C17H25ClN4O2S. The molecule has 138 valence electrons. The highest BCUT2D eigenvalue weighted by atomic mass is 35.5. The van der Waals surface area contributed by atoms with Gasteiger partial charge >= 0.3 is 0 Å². The molecule has 0 atom stereocenters. The Kier molecular flexibility index (Phi) is 7.87. The lowest BCUT2D eigenvalue weighted by Crippen LogP contribution is -2.40. The lowest BCUT2D eigenvalue weighted by atomic mass is 9.96. The van der Waals surface area contributed by atoms with E-state index in [1.54, 1.807) is 11.3 Å². The minimum absolute atomic E-state index is 0. The molecule has 1 N–H and O–H groups in total. The van der Waals surface area contributed by atoms with Gasteiger partial charge in [0, 0.05) is 25.9 Å². The Morgan fingerprint density at radius 3 is 2.92 bits per heavy atom. The quantitative estimate of drug-likeness (QED) is 0.794. The van der Waals surface area contributed by atoms with Crippen molar-refractivity contribution < 1.29 is 9.32 Å². The van der Waals surface area contributed by atoms with Crippen molar-refractivity contribution in [3.05, 3.63) is 23.4 Å². The topological polar surface area (TPSA) is 71.3 Å². The van der Waals surface area contributed by atoms with Gasteiger partial charge in [-0.2, -0.15) is 4.98 Å². The van der Waals surface area contributed by atoms with Crippen molar-refractivity contribution in [3.63, 3.8) is 0 Å². The molecule has 2 aromatic rings. The molecule has 1 aliphatic rings. The summed E-state index contributed by atoms with van der Waals surface area (Å²) < 4.78 is 5.25. The fourth-order valence-corrected chi connectivity index (χ4v) is 3.62. The first kappa shape index (κ1) is 19.9. The van der Waals surface area contributed by atoms with Gasteiger partial charge in [0.2, 0.25) is 17.6 Å². The number of carbonyl (C=O) groups excluding carboxylic acids is 1. The maximum Gasteiger partial charge on any atom is 0.227 e. The predicted octanol–water partition coefficient (Wildman–Crippen LogP) is 3.00. The minimum Gasteiger partial charge on any atom is -0.343 e. The van der Waals surface area contributed by atoms with Gasteiger partial charge in [-0.25, -0.2) is 0 Å². The number of aromatic nitrogens is 2. The summed E-state index contributed by atoms with van der Waals surface area (Å²) in [4.78, 5) is 19.7. The van der Waals surface area contributed by atoms with Crippen LogP contribution in [0.1, 0.15) is 32.1 Å². The average molecular weight is 385 g/mol. The molecule has 0 aliphatic carbocycles. The lowest BCUT2D eigenvalue weighted by Gasteiger charge is -2.32. The molecule has 3 rings (SSSR count). The summed E-state index contributed by atoms with van der Waals surface area (Å²) in [7, 11) is 0. The molecule has 0 radical (unpaired) electrons. The number of halogens is 1. The number of hydrogen-bond donors (Lipinski definition) is 1. The number of nitrogens with zero attached hydrogens (tertiary/aromatic N) is 3. The van der Waals surface area contributed by atoms with Gasteiger partial charge in [-0.05, 0) is 43.3 Å². The zero-order valence-corrected chi connectivity index (χ0v) is 16.1. The highest BCUT2D eigenvalue weighted by Crippen LogP contribution is 2.22. The third-order valence-corrected chi connectivity index (χ3v) is 5.28. The third-order valence-electron chi connectivity index (χ3n) is 4.41. The first-order chi connectivity index (χ1) is 11.8. The largest absolute Gasteiger partial charge is 0.343 e. The first-order valence-electron chi connectivity index (χ1n) is 8.61. The van der Waals surface area contributed by atoms with Crippen LogP contribution >= 0.6 is 23.7 Å². The number of nitrogens with one attached hydrogen (secondary N) is 1. The fraction of sp³-hybridized carbons (Fsp3) is 0.588. The average Bonchev–Trinajstić information content (AvgIpc) is 3.29. The number of aryl methyl sites for hydroxylation is 1. The minimum atomic E-state index is 0. The molecule has 1 saturated heterocycles. The molecule has 0 saturated carbocycles. The molecule has 8 heteroatoms. The Bertz CT molecular complexity index is 639. The van der Waals surface area contributed by atoms with E-state index in [4.69, 9.17) is 4.52 Å². The monoisotopic (exact) mass is 384 g/mol. The molecule has 2 aromatic heterocycles. The van der Waals surface area contributed by atoms with E-state index in [1.807, 2.05) is 22.4 Å². The summed E-state index contributed by atoms with van der Waals surface area (Å²) in [6, 6.07) is 3.92.